The van der Waals surface area contributed by atoms with Gasteiger partial charge < -0.3 is 10.6 Å². The fraction of sp³-hybridized carbons (Fsp3) is 0.263. The molecule has 25 heavy (non-hydrogen) atoms. The van der Waals surface area contributed by atoms with Gasteiger partial charge >= 0.3 is 0 Å². The van der Waals surface area contributed by atoms with Crippen molar-refractivity contribution in [1.29, 1.82) is 0 Å². The Morgan fingerprint density at radius 3 is 2.24 bits per heavy atom. The molecule has 2 amide bonds. The normalized spacial score (nSPS) is 13.0. The van der Waals surface area contributed by atoms with Crippen LogP contribution in [0.5, 0.6) is 0 Å². The summed E-state index contributed by atoms with van der Waals surface area (Å²) in [4.78, 5) is 24.6. The van der Waals surface area contributed by atoms with E-state index in [0.717, 1.165) is 0 Å². The molecule has 4 nitrogen and oxygen atoms in total. The Bertz CT molecular complexity index is 747. The quantitative estimate of drug-likeness (QED) is 0.840. The summed E-state index contributed by atoms with van der Waals surface area (Å²) in [5, 5.41) is 5.06. The molecule has 2 rings (SSSR count). The zero-order valence-corrected chi connectivity index (χ0v) is 14.1. The number of rotatable bonds is 6. The van der Waals surface area contributed by atoms with Gasteiger partial charge in [-0.15, -0.1) is 0 Å². The van der Waals surface area contributed by atoms with Crippen LogP contribution >= 0.6 is 0 Å². The number of amides is 2. The monoisotopic (exact) mass is 346 g/mol. The van der Waals surface area contributed by atoms with Gasteiger partial charge in [0.2, 0.25) is 11.8 Å². The van der Waals surface area contributed by atoms with E-state index < -0.39 is 23.7 Å². The van der Waals surface area contributed by atoms with Crippen LogP contribution in [-0.4, -0.2) is 17.9 Å². The van der Waals surface area contributed by atoms with Crippen LogP contribution < -0.4 is 10.6 Å². The maximum Gasteiger partial charge on any atom is 0.246 e. The zero-order chi connectivity index (χ0) is 18.4. The fourth-order valence-electron chi connectivity index (χ4n) is 2.45. The summed E-state index contributed by atoms with van der Waals surface area (Å²) < 4.78 is 26.6. The van der Waals surface area contributed by atoms with Gasteiger partial charge in [-0.3, -0.25) is 9.59 Å². The minimum atomic E-state index is -0.846. The van der Waals surface area contributed by atoms with E-state index in [4.69, 9.17) is 0 Å². The molecule has 132 valence electrons. The molecule has 0 saturated carbocycles. The van der Waals surface area contributed by atoms with Gasteiger partial charge in [0, 0.05) is 0 Å². The second-order valence-electron chi connectivity index (χ2n) is 5.71. The van der Waals surface area contributed by atoms with Gasteiger partial charge in [-0.2, -0.15) is 0 Å². The molecule has 2 aromatic carbocycles. The molecule has 0 radical (unpaired) electrons. The Hall–Kier alpha value is -2.76. The average Bonchev–Trinajstić information content (AvgIpc) is 2.59. The molecule has 0 spiro atoms. The summed E-state index contributed by atoms with van der Waals surface area (Å²) in [5.41, 5.74) is 0.724. The third-order valence-corrected chi connectivity index (χ3v) is 3.88. The van der Waals surface area contributed by atoms with E-state index in [9.17, 15) is 18.4 Å². The second-order valence-corrected chi connectivity index (χ2v) is 5.71. The SMILES string of the molecule is CCC(C(=O)NC(C)C(=O)Nc1ccccc1F)c1ccc(F)cc1. The predicted molar refractivity (Wildman–Crippen MR) is 92.1 cm³/mol. The standard InChI is InChI=1S/C19H20F2N2O2/c1-3-15(13-8-10-14(20)11-9-13)19(25)22-12(2)18(24)23-17-7-5-4-6-16(17)21/h4-12,15H,3H2,1-2H3,(H,22,25)(H,23,24). The molecule has 0 saturated heterocycles. The molecule has 6 heteroatoms. The first-order chi connectivity index (χ1) is 11.9. The van der Waals surface area contributed by atoms with Gasteiger partial charge in [0.25, 0.3) is 0 Å². The van der Waals surface area contributed by atoms with Gasteiger partial charge in [0.15, 0.2) is 0 Å². The van der Waals surface area contributed by atoms with Crippen LogP contribution in [0.3, 0.4) is 0 Å². The number of benzene rings is 2. The lowest BCUT2D eigenvalue weighted by Gasteiger charge is -2.19. The van der Waals surface area contributed by atoms with Gasteiger partial charge in [-0.25, -0.2) is 8.78 Å². The number of hydrogen-bond acceptors (Lipinski definition) is 2. The lowest BCUT2D eigenvalue weighted by molar-refractivity contribution is -0.127. The molecule has 2 unspecified atom stereocenters. The Kier molecular flexibility index (Phi) is 6.22. The lowest BCUT2D eigenvalue weighted by Crippen LogP contribution is -2.43. The lowest BCUT2D eigenvalue weighted by atomic mass is 9.95. The molecule has 0 aromatic heterocycles. The Morgan fingerprint density at radius 1 is 1.00 bits per heavy atom. The van der Waals surface area contributed by atoms with Crippen LogP contribution in [0.1, 0.15) is 31.7 Å². The highest BCUT2D eigenvalue weighted by molar-refractivity contribution is 5.97. The Balaban J connectivity index is 2.01. The minimum absolute atomic E-state index is 0.0548. The van der Waals surface area contributed by atoms with E-state index in [1.165, 1.54) is 37.3 Å². The van der Waals surface area contributed by atoms with Crippen LogP contribution in [0, 0.1) is 11.6 Å². The summed E-state index contributed by atoms with van der Waals surface area (Å²) >= 11 is 0. The van der Waals surface area contributed by atoms with E-state index in [0.29, 0.717) is 12.0 Å². The van der Waals surface area contributed by atoms with Gasteiger partial charge in [-0.05, 0) is 43.2 Å². The molecule has 0 fully saturated rings. The van der Waals surface area contributed by atoms with Crippen LogP contribution in [0.15, 0.2) is 48.5 Å². The number of carbonyl (C=O) groups is 2. The molecule has 0 aliphatic heterocycles. The van der Waals surface area contributed by atoms with Crippen molar-refractivity contribution >= 4 is 17.5 Å². The highest BCUT2D eigenvalue weighted by Gasteiger charge is 2.23. The summed E-state index contributed by atoms with van der Waals surface area (Å²) in [7, 11) is 0. The average molecular weight is 346 g/mol. The summed E-state index contributed by atoms with van der Waals surface area (Å²) in [6.45, 7) is 3.35. The van der Waals surface area contributed by atoms with E-state index >= 15 is 0 Å². The molecule has 0 heterocycles. The van der Waals surface area contributed by atoms with Gasteiger partial charge in [0.05, 0.1) is 11.6 Å². The highest BCUT2D eigenvalue weighted by Crippen LogP contribution is 2.20. The first-order valence-electron chi connectivity index (χ1n) is 8.03. The van der Waals surface area contributed by atoms with Crippen LogP contribution in [0.25, 0.3) is 0 Å². The summed E-state index contributed by atoms with van der Waals surface area (Å²) in [6, 6.07) is 10.6. The summed E-state index contributed by atoms with van der Waals surface area (Å²) in [6.07, 6.45) is 0.499. The van der Waals surface area contributed by atoms with E-state index in [1.54, 1.807) is 18.2 Å². The molecule has 2 aromatic rings. The van der Waals surface area contributed by atoms with E-state index in [1.807, 2.05) is 6.92 Å². The Labute approximate surface area is 145 Å². The van der Waals surface area contributed by atoms with Crippen LogP contribution in [0.4, 0.5) is 14.5 Å². The third kappa shape index (κ3) is 4.86. The first kappa shape index (κ1) is 18.6. The van der Waals surface area contributed by atoms with Crippen LogP contribution in [-0.2, 0) is 9.59 Å². The van der Waals surface area contributed by atoms with Crippen molar-refractivity contribution in [2.75, 3.05) is 5.32 Å². The molecule has 2 N–H and O–H groups in total. The minimum Gasteiger partial charge on any atom is -0.344 e. The molecule has 0 aliphatic rings. The molecular formula is C19H20F2N2O2. The van der Waals surface area contributed by atoms with Gasteiger partial charge in [-0.1, -0.05) is 31.2 Å². The molecule has 2 atom stereocenters. The van der Waals surface area contributed by atoms with Crippen molar-refractivity contribution in [2.45, 2.75) is 32.2 Å². The molecule has 0 aliphatic carbocycles. The number of anilines is 1. The largest absolute Gasteiger partial charge is 0.344 e. The molecular weight excluding hydrogens is 326 g/mol. The highest BCUT2D eigenvalue weighted by atomic mass is 19.1. The van der Waals surface area contributed by atoms with Crippen molar-refractivity contribution in [3.05, 3.63) is 65.7 Å². The van der Waals surface area contributed by atoms with E-state index in [-0.39, 0.29) is 17.4 Å². The number of carbonyl (C=O) groups excluding carboxylic acids is 2. The van der Waals surface area contributed by atoms with Gasteiger partial charge in [0.1, 0.15) is 17.7 Å². The van der Waals surface area contributed by atoms with Crippen molar-refractivity contribution in [3.8, 4) is 0 Å². The summed E-state index contributed by atoms with van der Waals surface area (Å²) in [5.74, 6) is -2.29. The van der Waals surface area contributed by atoms with Crippen molar-refractivity contribution < 1.29 is 18.4 Å². The fourth-order valence-corrected chi connectivity index (χ4v) is 2.45. The van der Waals surface area contributed by atoms with Crippen molar-refractivity contribution in [2.24, 2.45) is 0 Å². The number of hydrogen-bond donors (Lipinski definition) is 2. The molecule has 0 bridgehead atoms. The Morgan fingerprint density at radius 2 is 1.64 bits per heavy atom. The number of nitrogens with one attached hydrogen (secondary N) is 2. The second kappa shape index (κ2) is 8.37. The van der Waals surface area contributed by atoms with E-state index in [2.05, 4.69) is 10.6 Å². The maximum atomic E-state index is 13.6. The first-order valence-corrected chi connectivity index (χ1v) is 8.03. The predicted octanol–water partition coefficient (Wildman–Crippen LogP) is 3.60. The third-order valence-electron chi connectivity index (χ3n) is 3.88. The van der Waals surface area contributed by atoms with Crippen molar-refractivity contribution in [1.82, 2.24) is 5.32 Å². The van der Waals surface area contributed by atoms with Crippen LogP contribution in [0.2, 0.25) is 0 Å². The number of para-hydroxylation sites is 1. The smallest absolute Gasteiger partial charge is 0.246 e. The maximum absolute atomic E-state index is 13.6. The van der Waals surface area contributed by atoms with Crippen molar-refractivity contribution in [3.63, 3.8) is 0 Å². The topological polar surface area (TPSA) is 58.2 Å². The number of halogens is 2. The zero-order valence-electron chi connectivity index (χ0n) is 14.1.